The molecule has 8 heteroatoms. The predicted octanol–water partition coefficient (Wildman–Crippen LogP) is 9.89. The lowest BCUT2D eigenvalue weighted by molar-refractivity contribution is -0.150. The minimum absolute atomic E-state index is 0. The van der Waals surface area contributed by atoms with E-state index in [0.717, 1.165) is 65.4 Å². The van der Waals surface area contributed by atoms with E-state index in [4.69, 9.17) is 4.74 Å². The van der Waals surface area contributed by atoms with Gasteiger partial charge in [-0.3, -0.25) is 4.79 Å². The molecule has 0 saturated carbocycles. The fraction of sp³-hybridized carbons (Fsp3) is 0.417. The number of aromatic amines is 1. The molecule has 0 radical (unpaired) electrons. The Hall–Kier alpha value is -3.29. The Morgan fingerprint density at radius 3 is 2.30 bits per heavy atom. The lowest BCUT2D eigenvalue weighted by Gasteiger charge is -2.25. The molecule has 0 fully saturated rings. The van der Waals surface area contributed by atoms with E-state index < -0.39 is 6.10 Å². The van der Waals surface area contributed by atoms with Crippen LogP contribution in [-0.4, -0.2) is 17.0 Å². The van der Waals surface area contributed by atoms with Gasteiger partial charge in [0.2, 0.25) is 0 Å². The molecule has 0 saturated heterocycles. The Labute approximate surface area is 264 Å². The van der Waals surface area contributed by atoms with Gasteiger partial charge in [0.25, 0.3) is 0 Å². The standard InChI is InChI=1S/C36H41F3N2O2.ClH/c1-2-3-4-5-6-7-11-34(42)43-33(25-14-18-27(38)19-15-25)10-8-9-28-22-32-30(23-40-28)35-29(20-21-31(39)36(35)41-32)24-12-16-26(37)17-13-24;/h12-21,28,33,40-41H,2-11,22-23H2,1H3;1H. The molecule has 0 bridgehead atoms. The molecular formula is C36H42ClF3N2O2. The first-order chi connectivity index (χ1) is 20.9. The summed E-state index contributed by atoms with van der Waals surface area (Å²) in [5.74, 6) is -1.14. The molecule has 1 aromatic heterocycles. The molecule has 0 aliphatic carbocycles. The van der Waals surface area contributed by atoms with Gasteiger partial charge in [-0.1, -0.05) is 69.4 Å². The molecule has 4 nitrogen and oxygen atoms in total. The zero-order valence-electron chi connectivity index (χ0n) is 25.3. The second-order valence-electron chi connectivity index (χ2n) is 11.7. The summed E-state index contributed by atoms with van der Waals surface area (Å²) in [6, 6.07) is 15.9. The van der Waals surface area contributed by atoms with Crippen molar-refractivity contribution in [2.24, 2.45) is 0 Å². The Morgan fingerprint density at radius 1 is 0.886 bits per heavy atom. The number of carbonyl (C=O) groups excluding carboxylic acids is 1. The van der Waals surface area contributed by atoms with Gasteiger partial charge in [0.15, 0.2) is 0 Å². The number of unbranched alkanes of at least 4 members (excludes halogenated alkanes) is 5. The van der Waals surface area contributed by atoms with Crippen LogP contribution in [0.25, 0.3) is 22.0 Å². The normalized spacial score (nSPS) is 15.0. The smallest absolute Gasteiger partial charge is 0.306 e. The third kappa shape index (κ3) is 8.45. The number of nitrogens with one attached hydrogen (secondary N) is 2. The summed E-state index contributed by atoms with van der Waals surface area (Å²) in [7, 11) is 0. The van der Waals surface area contributed by atoms with Crippen LogP contribution in [-0.2, 0) is 22.5 Å². The second-order valence-corrected chi connectivity index (χ2v) is 11.7. The maximum atomic E-state index is 14.9. The molecular weight excluding hydrogens is 585 g/mol. The summed E-state index contributed by atoms with van der Waals surface area (Å²) >= 11 is 0. The molecule has 0 spiro atoms. The van der Waals surface area contributed by atoms with Crippen LogP contribution < -0.4 is 5.32 Å². The Bertz CT molecular complexity index is 1500. The number of esters is 1. The maximum absolute atomic E-state index is 14.9. The maximum Gasteiger partial charge on any atom is 0.306 e. The second kappa shape index (κ2) is 16.1. The number of fused-ring (bicyclic) bond motifs is 3. The SMILES string of the molecule is CCCCCCCCC(=O)OC(CCCC1Cc2[nH]c3c(F)ccc(-c4ccc(F)cc4)c3c2CN1)c1ccc(F)cc1.Cl. The molecule has 3 aromatic carbocycles. The van der Waals surface area contributed by atoms with Crippen LogP contribution in [0.2, 0.25) is 0 Å². The summed E-state index contributed by atoms with van der Waals surface area (Å²) in [6.45, 7) is 2.77. The van der Waals surface area contributed by atoms with Gasteiger partial charge >= 0.3 is 5.97 Å². The average molecular weight is 627 g/mol. The lowest BCUT2D eigenvalue weighted by atomic mass is 9.93. The van der Waals surface area contributed by atoms with Crippen molar-refractivity contribution >= 4 is 29.3 Å². The Kier molecular flexibility index (Phi) is 12.3. The van der Waals surface area contributed by atoms with Crippen molar-refractivity contribution in [3.63, 3.8) is 0 Å². The number of benzene rings is 3. The number of ether oxygens (including phenoxy) is 1. The topological polar surface area (TPSA) is 54.1 Å². The summed E-state index contributed by atoms with van der Waals surface area (Å²) in [4.78, 5) is 16.0. The van der Waals surface area contributed by atoms with Gasteiger partial charge in [0, 0.05) is 36.5 Å². The molecule has 2 heterocycles. The predicted molar refractivity (Wildman–Crippen MR) is 172 cm³/mol. The molecule has 2 unspecified atom stereocenters. The number of rotatable bonds is 14. The minimum Gasteiger partial charge on any atom is -0.457 e. The van der Waals surface area contributed by atoms with Crippen molar-refractivity contribution in [1.82, 2.24) is 10.3 Å². The number of H-pyrrole nitrogens is 1. The van der Waals surface area contributed by atoms with Gasteiger partial charge in [-0.15, -0.1) is 12.4 Å². The van der Waals surface area contributed by atoms with E-state index in [1.165, 1.54) is 49.6 Å². The highest BCUT2D eigenvalue weighted by atomic mass is 35.5. The highest BCUT2D eigenvalue weighted by Crippen LogP contribution is 2.37. The monoisotopic (exact) mass is 626 g/mol. The van der Waals surface area contributed by atoms with Crippen LogP contribution in [0.1, 0.15) is 94.1 Å². The fourth-order valence-electron chi connectivity index (χ4n) is 6.19. The third-order valence-corrected chi connectivity index (χ3v) is 8.54. The number of carbonyl (C=O) groups is 1. The fourth-order valence-corrected chi connectivity index (χ4v) is 6.19. The summed E-state index contributed by atoms with van der Waals surface area (Å²) in [5, 5.41) is 4.45. The van der Waals surface area contributed by atoms with Crippen molar-refractivity contribution in [2.45, 2.75) is 96.2 Å². The first kappa shape index (κ1) is 33.6. The minimum atomic E-state index is -0.423. The number of hydrogen-bond donors (Lipinski definition) is 2. The lowest BCUT2D eigenvalue weighted by Crippen LogP contribution is -2.35. The Balaban J connectivity index is 0.00000442. The third-order valence-electron chi connectivity index (χ3n) is 8.54. The van der Waals surface area contributed by atoms with Gasteiger partial charge in [0.1, 0.15) is 23.6 Å². The molecule has 2 atom stereocenters. The summed E-state index contributed by atoms with van der Waals surface area (Å²) in [5.41, 5.74) is 5.04. The molecule has 236 valence electrons. The van der Waals surface area contributed by atoms with Gasteiger partial charge in [-0.2, -0.15) is 0 Å². The number of halogens is 4. The molecule has 4 aromatic rings. The van der Waals surface area contributed by atoms with E-state index in [0.29, 0.717) is 31.3 Å². The van der Waals surface area contributed by atoms with E-state index in [1.54, 1.807) is 30.3 Å². The largest absolute Gasteiger partial charge is 0.457 e. The zero-order chi connectivity index (χ0) is 30.2. The van der Waals surface area contributed by atoms with Gasteiger partial charge in [0.05, 0.1) is 5.52 Å². The molecule has 1 aliphatic rings. The van der Waals surface area contributed by atoms with Crippen LogP contribution in [0.4, 0.5) is 13.2 Å². The molecule has 0 amide bonds. The van der Waals surface area contributed by atoms with Crippen molar-refractivity contribution in [3.05, 3.63) is 94.9 Å². The van der Waals surface area contributed by atoms with Crippen LogP contribution in [0.5, 0.6) is 0 Å². The van der Waals surface area contributed by atoms with E-state index >= 15 is 0 Å². The Morgan fingerprint density at radius 2 is 1.57 bits per heavy atom. The van der Waals surface area contributed by atoms with Crippen LogP contribution >= 0.6 is 12.4 Å². The van der Waals surface area contributed by atoms with Gasteiger partial charge in [-0.05, 0) is 78.3 Å². The van der Waals surface area contributed by atoms with Crippen LogP contribution in [0, 0.1) is 17.5 Å². The van der Waals surface area contributed by atoms with Crippen molar-refractivity contribution in [3.8, 4) is 11.1 Å². The van der Waals surface area contributed by atoms with Crippen molar-refractivity contribution < 1.29 is 22.7 Å². The van der Waals surface area contributed by atoms with Crippen molar-refractivity contribution in [1.29, 1.82) is 0 Å². The molecule has 5 rings (SSSR count). The average Bonchev–Trinajstić information content (AvgIpc) is 3.39. The first-order valence-corrected chi connectivity index (χ1v) is 15.7. The highest BCUT2D eigenvalue weighted by molar-refractivity contribution is 5.99. The zero-order valence-corrected chi connectivity index (χ0v) is 26.1. The van der Waals surface area contributed by atoms with E-state index in [9.17, 15) is 18.0 Å². The number of hydrogen-bond acceptors (Lipinski definition) is 3. The van der Waals surface area contributed by atoms with Gasteiger partial charge < -0.3 is 15.0 Å². The molecule has 44 heavy (non-hydrogen) atoms. The van der Waals surface area contributed by atoms with Crippen LogP contribution in [0.3, 0.4) is 0 Å². The summed E-state index contributed by atoms with van der Waals surface area (Å²) in [6.07, 6.45) is 9.55. The van der Waals surface area contributed by atoms with Crippen LogP contribution in [0.15, 0.2) is 60.7 Å². The molecule has 1 aliphatic heterocycles. The van der Waals surface area contributed by atoms with Crippen molar-refractivity contribution in [2.75, 3.05) is 0 Å². The number of aromatic nitrogens is 1. The quantitative estimate of drug-likeness (QED) is 0.108. The van der Waals surface area contributed by atoms with Gasteiger partial charge in [-0.25, -0.2) is 13.2 Å². The van der Waals surface area contributed by atoms with E-state index in [1.807, 2.05) is 0 Å². The molecule has 2 N–H and O–H groups in total. The van der Waals surface area contributed by atoms with E-state index in [2.05, 4.69) is 17.2 Å². The highest BCUT2D eigenvalue weighted by Gasteiger charge is 2.26. The van der Waals surface area contributed by atoms with E-state index in [-0.39, 0.29) is 41.9 Å². The first-order valence-electron chi connectivity index (χ1n) is 15.7. The summed E-state index contributed by atoms with van der Waals surface area (Å²) < 4.78 is 47.9.